The van der Waals surface area contributed by atoms with Crippen molar-refractivity contribution in [2.45, 2.75) is 161 Å². The highest BCUT2D eigenvalue weighted by Gasteiger charge is 2.28. The molecule has 0 heterocycles. The van der Waals surface area contributed by atoms with Crippen molar-refractivity contribution >= 4 is 25.7 Å². The van der Waals surface area contributed by atoms with Gasteiger partial charge in [0.2, 0.25) is 5.91 Å². The van der Waals surface area contributed by atoms with Crippen LogP contribution in [0.5, 0.6) is 0 Å². The van der Waals surface area contributed by atoms with E-state index in [0.717, 1.165) is 77.0 Å². The van der Waals surface area contributed by atoms with Crippen LogP contribution in [-0.2, 0) is 32.7 Å². The van der Waals surface area contributed by atoms with Crippen LogP contribution in [0, 0.1) is 0 Å². The first-order valence-electron chi connectivity index (χ1n) is 21.8. The van der Waals surface area contributed by atoms with Crippen LogP contribution in [0.4, 0.5) is 0 Å². The molecule has 0 aliphatic carbocycles. The van der Waals surface area contributed by atoms with E-state index in [4.69, 9.17) is 13.8 Å². The lowest BCUT2D eigenvalue weighted by Crippen LogP contribution is -2.43. The topological polar surface area (TPSA) is 169 Å². The number of aliphatic carboxylic acids is 1. The largest absolute Gasteiger partial charge is 0.480 e. The normalized spacial score (nSPS) is 14.6. The van der Waals surface area contributed by atoms with Gasteiger partial charge in [0.05, 0.1) is 13.2 Å². The number of carbonyl (C=O) groups excluding carboxylic acids is 2. The molecular weight excluding hydrogens is 769 g/mol. The molecule has 3 unspecified atom stereocenters. The Balaban J connectivity index is 4.06. The first kappa shape index (κ1) is 55.4. The molecule has 0 bridgehead atoms. The second kappa shape index (κ2) is 41.1. The van der Waals surface area contributed by atoms with E-state index in [-0.39, 0.29) is 12.8 Å². The van der Waals surface area contributed by atoms with Crippen molar-refractivity contribution in [3.63, 3.8) is 0 Å². The molecule has 0 rings (SSSR count). The van der Waals surface area contributed by atoms with Crippen LogP contribution in [0.15, 0.2) is 97.2 Å². The van der Waals surface area contributed by atoms with Crippen molar-refractivity contribution in [3.05, 3.63) is 97.2 Å². The van der Waals surface area contributed by atoms with E-state index >= 15 is 0 Å². The first-order valence-corrected chi connectivity index (χ1v) is 23.3. The van der Waals surface area contributed by atoms with E-state index in [9.17, 15) is 34.1 Å². The van der Waals surface area contributed by atoms with Gasteiger partial charge < -0.3 is 25.2 Å². The number of ether oxygens (including phenoxy) is 1. The number of carboxylic acids is 1. The van der Waals surface area contributed by atoms with Gasteiger partial charge in [-0.25, -0.2) is 9.36 Å². The Morgan fingerprint density at radius 3 is 1.51 bits per heavy atom. The molecule has 0 aliphatic heterocycles. The number of hydrogen-bond acceptors (Lipinski definition) is 8. The quantitative estimate of drug-likeness (QED) is 0.0202. The van der Waals surface area contributed by atoms with Crippen molar-refractivity contribution < 1.29 is 47.8 Å². The summed E-state index contributed by atoms with van der Waals surface area (Å²) in [5.74, 6) is -2.52. The third-order valence-electron chi connectivity index (χ3n) is 8.62. The van der Waals surface area contributed by atoms with Crippen LogP contribution >= 0.6 is 7.82 Å². The lowest BCUT2D eigenvalue weighted by Gasteiger charge is -2.18. The average molecular weight is 846 g/mol. The summed E-state index contributed by atoms with van der Waals surface area (Å²) in [4.78, 5) is 45.9. The van der Waals surface area contributed by atoms with Gasteiger partial charge in [-0.05, 0) is 83.5 Å². The van der Waals surface area contributed by atoms with Gasteiger partial charge in [-0.1, -0.05) is 150 Å². The number of allylic oxidation sites excluding steroid dienone is 16. The van der Waals surface area contributed by atoms with Crippen molar-refractivity contribution in [1.82, 2.24) is 5.32 Å². The number of esters is 1. The third kappa shape index (κ3) is 40.9. The number of amides is 1. The molecule has 0 spiro atoms. The van der Waals surface area contributed by atoms with Gasteiger partial charge in [-0.2, -0.15) is 0 Å². The number of aliphatic hydroxyl groups excluding tert-OH is 1. The fraction of sp³-hybridized carbons (Fsp3) is 0.596. The zero-order chi connectivity index (χ0) is 43.5. The molecule has 0 aromatic heterocycles. The van der Waals surface area contributed by atoms with E-state index in [1.165, 1.54) is 25.7 Å². The number of phosphoric ester groups is 1. The maximum absolute atomic E-state index is 12.3. The first-order chi connectivity index (χ1) is 28.6. The van der Waals surface area contributed by atoms with Crippen molar-refractivity contribution in [2.24, 2.45) is 0 Å². The Labute approximate surface area is 355 Å². The molecule has 0 radical (unpaired) electrons. The number of nitrogens with one attached hydrogen (secondary N) is 1. The summed E-state index contributed by atoms with van der Waals surface area (Å²) in [5, 5.41) is 21.8. The van der Waals surface area contributed by atoms with Gasteiger partial charge >= 0.3 is 19.8 Å². The number of aliphatic hydroxyl groups is 1. The van der Waals surface area contributed by atoms with E-state index in [1.54, 1.807) is 0 Å². The molecule has 4 N–H and O–H groups in total. The summed E-state index contributed by atoms with van der Waals surface area (Å²) in [6.07, 6.45) is 51.6. The molecule has 59 heavy (non-hydrogen) atoms. The minimum Gasteiger partial charge on any atom is -0.480 e. The monoisotopic (exact) mass is 846 g/mol. The number of hydrogen-bond donors (Lipinski definition) is 4. The molecule has 0 aromatic carbocycles. The third-order valence-corrected chi connectivity index (χ3v) is 9.57. The zero-order valence-electron chi connectivity index (χ0n) is 36.0. The maximum atomic E-state index is 12.3. The van der Waals surface area contributed by atoms with E-state index < -0.39 is 57.6 Å². The van der Waals surface area contributed by atoms with Crippen LogP contribution < -0.4 is 5.32 Å². The molecule has 0 fully saturated rings. The Hall–Kier alpha value is -3.60. The van der Waals surface area contributed by atoms with Crippen molar-refractivity contribution in [3.8, 4) is 0 Å². The van der Waals surface area contributed by atoms with Crippen LogP contribution in [0.2, 0.25) is 0 Å². The lowest BCUT2D eigenvalue weighted by molar-refractivity contribution is -0.147. The summed E-state index contributed by atoms with van der Waals surface area (Å²) in [6.45, 7) is 2.37. The van der Waals surface area contributed by atoms with Gasteiger partial charge in [0, 0.05) is 12.8 Å². The number of unbranched alkanes of at least 4 members (excludes halogenated alkanes) is 9. The van der Waals surface area contributed by atoms with Gasteiger partial charge in [0.25, 0.3) is 0 Å². The molecule has 3 atom stereocenters. The fourth-order valence-electron chi connectivity index (χ4n) is 5.25. The Morgan fingerprint density at radius 1 is 0.559 bits per heavy atom. The van der Waals surface area contributed by atoms with Gasteiger partial charge in [0.15, 0.2) is 6.04 Å². The lowest BCUT2D eigenvalue weighted by atomic mass is 10.1. The van der Waals surface area contributed by atoms with E-state index in [2.05, 4.69) is 98.2 Å². The highest BCUT2D eigenvalue weighted by molar-refractivity contribution is 7.47. The van der Waals surface area contributed by atoms with Gasteiger partial charge in [0.1, 0.15) is 12.7 Å². The second-order valence-corrected chi connectivity index (χ2v) is 15.6. The van der Waals surface area contributed by atoms with Gasteiger partial charge in [-0.15, -0.1) is 0 Å². The molecular formula is C47H76NO10P. The number of rotatable bonds is 39. The Morgan fingerprint density at radius 2 is 1.00 bits per heavy atom. The summed E-state index contributed by atoms with van der Waals surface area (Å²) < 4.78 is 26.8. The number of carbonyl (C=O) groups is 3. The summed E-state index contributed by atoms with van der Waals surface area (Å²) in [5.41, 5.74) is 0. The summed E-state index contributed by atoms with van der Waals surface area (Å²) in [6, 6.07) is -1.60. The smallest absolute Gasteiger partial charge is 0.472 e. The molecule has 0 saturated heterocycles. The zero-order valence-corrected chi connectivity index (χ0v) is 36.9. The van der Waals surface area contributed by atoms with Crippen LogP contribution in [0.25, 0.3) is 0 Å². The minimum atomic E-state index is -4.79. The molecule has 0 aliphatic rings. The van der Waals surface area contributed by atoms with Crippen molar-refractivity contribution in [1.29, 1.82) is 0 Å². The molecule has 0 aromatic rings. The molecule has 334 valence electrons. The predicted molar refractivity (Wildman–Crippen MR) is 240 cm³/mol. The molecule has 1 amide bonds. The predicted octanol–water partition coefficient (Wildman–Crippen LogP) is 11.3. The van der Waals surface area contributed by atoms with Crippen LogP contribution in [0.3, 0.4) is 0 Å². The highest BCUT2D eigenvalue weighted by atomic mass is 31.2. The average Bonchev–Trinajstić information content (AvgIpc) is 3.21. The summed E-state index contributed by atoms with van der Waals surface area (Å²) in [7, 11) is -4.79. The maximum Gasteiger partial charge on any atom is 0.472 e. The van der Waals surface area contributed by atoms with Gasteiger partial charge in [-0.3, -0.25) is 18.6 Å². The number of phosphoric acid groups is 1. The molecule has 11 nitrogen and oxygen atoms in total. The van der Waals surface area contributed by atoms with Crippen molar-refractivity contribution in [2.75, 3.05) is 19.8 Å². The highest BCUT2D eigenvalue weighted by Crippen LogP contribution is 2.43. The Bertz CT molecular complexity index is 1360. The molecule has 0 saturated carbocycles. The second-order valence-electron chi connectivity index (χ2n) is 14.1. The van der Waals surface area contributed by atoms with Crippen LogP contribution in [-0.4, -0.2) is 64.9 Å². The minimum absolute atomic E-state index is 0.0136. The standard InChI is InChI=1S/C47H76NO10P/c1-3-5-7-9-11-13-15-17-19-21-22-23-24-26-28-30-32-34-36-38-45(50)48-44(47(52)53)42-58-59(54,55)57-41-43(49)40-56-46(51)39-37-35-33-31-29-27-25-20-18-16-14-12-10-8-6-4-2/h5,7,11,13-14,16-17,19-20,22-23,25-26,28,32,34,43-44,49H,3-4,6,8-10,12,15,18,21,24,27,29-31,33,35-42H2,1-2H3,(H,48,50)(H,52,53)(H,54,55)/b7-5-,13-11-,16-14-,19-17-,23-22-,25-20-,28-26-,34-32-. The Kier molecular flexibility index (Phi) is 38.6. The van der Waals surface area contributed by atoms with E-state index in [0.29, 0.717) is 19.3 Å². The SMILES string of the molecule is CC/C=C\C/C=C\C/C=C\C/C=C\C/C=C\C/C=C\CCC(=O)NC(COP(=O)(O)OCC(O)COC(=O)CCCCCCC/C=C\C/C=C\CCCCCC)C(=O)O. The van der Waals surface area contributed by atoms with Crippen LogP contribution in [0.1, 0.15) is 149 Å². The summed E-state index contributed by atoms with van der Waals surface area (Å²) >= 11 is 0. The fourth-order valence-corrected chi connectivity index (χ4v) is 6.02. The number of carboxylic acid groups (broad SMARTS) is 1. The van der Waals surface area contributed by atoms with E-state index in [1.807, 2.05) is 18.2 Å². The molecule has 12 heteroatoms.